The number of hydrogen-bond acceptors (Lipinski definition) is 6. The van der Waals surface area contributed by atoms with Crippen LogP contribution in [0, 0.1) is 45.3 Å². The van der Waals surface area contributed by atoms with Crippen LogP contribution in [-0.4, -0.2) is 23.7 Å². The molecule has 354 valence electrons. The predicted octanol–water partition coefficient (Wildman–Crippen LogP) is 15.9. The molecule has 0 aliphatic carbocycles. The van der Waals surface area contributed by atoms with E-state index >= 15 is 0 Å². The second-order valence-corrected chi connectivity index (χ2v) is 19.0. The summed E-state index contributed by atoms with van der Waals surface area (Å²) in [6.07, 6.45) is 0. The molecule has 0 N–H and O–H groups in total. The number of aromatic nitrogens is 5. The fourth-order valence-corrected chi connectivity index (χ4v) is 11.4. The summed E-state index contributed by atoms with van der Waals surface area (Å²) in [6, 6.07) is 84.5. The van der Waals surface area contributed by atoms with Crippen molar-refractivity contribution in [3.05, 3.63) is 247 Å². The summed E-state index contributed by atoms with van der Waals surface area (Å²) < 4.78 is 7.00. The molecule has 14 rings (SSSR count). The summed E-state index contributed by atoms with van der Waals surface area (Å²) in [5, 5.41) is 48.8. The van der Waals surface area contributed by atoms with Crippen molar-refractivity contribution in [3.63, 3.8) is 0 Å². The minimum Gasteiger partial charge on any atom is -0.309 e. The lowest BCUT2D eigenvalue weighted by Crippen LogP contribution is -2.00. The Hall–Kier alpha value is -11.4. The van der Waals surface area contributed by atoms with Gasteiger partial charge in [-0.15, -0.1) is 0 Å². The van der Waals surface area contributed by atoms with Crippen LogP contribution in [0.2, 0.25) is 0 Å². The zero-order valence-electron chi connectivity index (χ0n) is 40.9. The van der Waals surface area contributed by atoms with Gasteiger partial charge in [-0.05, 0) is 115 Å². The minimum absolute atomic E-state index is 0.273. The van der Waals surface area contributed by atoms with Crippen molar-refractivity contribution in [3.8, 4) is 86.4 Å². The largest absolute Gasteiger partial charge is 0.309 e. The van der Waals surface area contributed by atoms with E-state index in [4.69, 9.17) is 9.97 Å². The zero-order chi connectivity index (χ0) is 51.7. The molecule has 0 fully saturated rings. The molecule has 0 unspecified atom stereocenters. The normalized spacial score (nSPS) is 11.3. The number of benzene rings is 10. The SMILES string of the molecule is N#Cc1ccccc1-c1cc(-c2cc(C#N)c(-c3ccc(-n4c5ccc(-n6c7ccccc7c7ccccc76)cc5c5cc(-n6c7ccccc7c7ccccc76)ccc54)cc3)c(C#N)c2)nc(-c2ccccc2C#N)n1. The molecule has 9 nitrogen and oxygen atoms in total. The van der Waals surface area contributed by atoms with E-state index in [-0.39, 0.29) is 17.0 Å². The van der Waals surface area contributed by atoms with Gasteiger partial charge in [0.2, 0.25) is 0 Å². The van der Waals surface area contributed by atoms with Gasteiger partial charge in [-0.1, -0.05) is 115 Å². The lowest BCUT2D eigenvalue weighted by molar-refractivity contribution is 1.16. The van der Waals surface area contributed by atoms with Crippen LogP contribution in [0.1, 0.15) is 22.3 Å². The molecule has 4 aromatic heterocycles. The molecule has 0 aliphatic rings. The van der Waals surface area contributed by atoms with Crippen LogP contribution in [0.4, 0.5) is 0 Å². The van der Waals surface area contributed by atoms with Crippen LogP contribution in [-0.2, 0) is 0 Å². The molecular weight excluding hydrogens is 943 g/mol. The van der Waals surface area contributed by atoms with Crippen LogP contribution >= 0.6 is 0 Å². The molecule has 10 aromatic carbocycles. The van der Waals surface area contributed by atoms with Crippen molar-refractivity contribution < 1.29 is 0 Å². The van der Waals surface area contributed by atoms with Crippen molar-refractivity contribution >= 4 is 65.4 Å². The van der Waals surface area contributed by atoms with Crippen LogP contribution in [0.3, 0.4) is 0 Å². The second kappa shape index (κ2) is 17.7. The van der Waals surface area contributed by atoms with E-state index in [1.165, 1.54) is 21.5 Å². The number of rotatable bonds is 7. The highest BCUT2D eigenvalue weighted by molar-refractivity contribution is 6.14. The molecule has 0 bridgehead atoms. The predicted molar refractivity (Wildman–Crippen MR) is 306 cm³/mol. The number of nitriles is 4. The van der Waals surface area contributed by atoms with Crippen LogP contribution in [0.25, 0.3) is 128 Å². The van der Waals surface area contributed by atoms with E-state index in [1.54, 1.807) is 48.5 Å². The Balaban J connectivity index is 0.927. The number of hydrogen-bond donors (Lipinski definition) is 0. The first-order valence-corrected chi connectivity index (χ1v) is 25.0. The molecule has 0 aliphatic heterocycles. The lowest BCUT2D eigenvalue weighted by atomic mass is 9.91. The van der Waals surface area contributed by atoms with Gasteiger partial charge in [-0.3, -0.25) is 0 Å². The third-order valence-corrected chi connectivity index (χ3v) is 14.8. The molecule has 14 aromatic rings. The lowest BCUT2D eigenvalue weighted by Gasteiger charge is -2.14. The van der Waals surface area contributed by atoms with Crippen molar-refractivity contribution in [2.45, 2.75) is 0 Å². The Labute approximate surface area is 441 Å². The molecule has 0 atom stereocenters. The molecular formula is C68H37N9. The van der Waals surface area contributed by atoms with Crippen LogP contribution < -0.4 is 0 Å². The molecule has 77 heavy (non-hydrogen) atoms. The van der Waals surface area contributed by atoms with Gasteiger partial charge in [0, 0.05) is 71.6 Å². The fourth-order valence-electron chi connectivity index (χ4n) is 11.4. The van der Waals surface area contributed by atoms with E-state index in [9.17, 15) is 21.0 Å². The van der Waals surface area contributed by atoms with Crippen LogP contribution in [0.15, 0.2) is 224 Å². The van der Waals surface area contributed by atoms with Gasteiger partial charge in [0.15, 0.2) is 5.82 Å². The van der Waals surface area contributed by atoms with Crippen molar-refractivity contribution in [1.82, 2.24) is 23.7 Å². The molecule has 0 amide bonds. The van der Waals surface area contributed by atoms with Crippen molar-refractivity contribution in [2.75, 3.05) is 0 Å². The topological polar surface area (TPSA) is 136 Å². The summed E-state index contributed by atoms with van der Waals surface area (Å²) >= 11 is 0. The van der Waals surface area contributed by atoms with Gasteiger partial charge in [0.05, 0.1) is 91.0 Å². The maximum atomic E-state index is 10.9. The quantitative estimate of drug-likeness (QED) is 0.156. The molecule has 0 saturated heterocycles. The van der Waals surface area contributed by atoms with Gasteiger partial charge in [0.1, 0.15) is 0 Å². The van der Waals surface area contributed by atoms with E-state index in [2.05, 4.69) is 184 Å². The zero-order valence-corrected chi connectivity index (χ0v) is 40.9. The molecule has 0 spiro atoms. The first-order chi connectivity index (χ1) is 38.0. The van der Waals surface area contributed by atoms with E-state index in [0.29, 0.717) is 50.3 Å². The van der Waals surface area contributed by atoms with Gasteiger partial charge in [-0.25, -0.2) is 9.97 Å². The Morgan fingerprint density at radius 3 is 1.14 bits per heavy atom. The third-order valence-electron chi connectivity index (χ3n) is 14.8. The van der Waals surface area contributed by atoms with Gasteiger partial charge in [-0.2, -0.15) is 21.0 Å². The van der Waals surface area contributed by atoms with Crippen molar-refractivity contribution in [2.24, 2.45) is 0 Å². The minimum atomic E-state index is 0.273. The Morgan fingerprint density at radius 2 is 0.662 bits per heavy atom. The van der Waals surface area contributed by atoms with Gasteiger partial charge in [0.25, 0.3) is 0 Å². The first-order valence-electron chi connectivity index (χ1n) is 25.0. The van der Waals surface area contributed by atoms with Gasteiger partial charge < -0.3 is 13.7 Å². The summed E-state index contributed by atoms with van der Waals surface area (Å²) in [5.41, 5.74) is 14.7. The molecule has 0 radical (unpaired) electrons. The molecule has 0 saturated carbocycles. The van der Waals surface area contributed by atoms with E-state index in [1.807, 2.05) is 30.3 Å². The Morgan fingerprint density at radius 1 is 0.286 bits per heavy atom. The Bertz CT molecular complexity index is 4600. The van der Waals surface area contributed by atoms with E-state index in [0.717, 1.165) is 60.9 Å². The maximum Gasteiger partial charge on any atom is 0.161 e. The van der Waals surface area contributed by atoms with E-state index < -0.39 is 0 Å². The number of para-hydroxylation sites is 4. The monoisotopic (exact) mass is 979 g/mol. The summed E-state index contributed by atoms with van der Waals surface area (Å²) in [7, 11) is 0. The highest BCUT2D eigenvalue weighted by atomic mass is 15.0. The average Bonchev–Trinajstić information content (AvgIpc) is 4.29. The maximum absolute atomic E-state index is 10.9. The number of nitrogens with zero attached hydrogens (tertiary/aromatic N) is 9. The average molecular weight is 980 g/mol. The first kappa shape index (κ1) is 44.3. The van der Waals surface area contributed by atoms with Crippen molar-refractivity contribution in [1.29, 1.82) is 21.0 Å². The summed E-state index contributed by atoms with van der Waals surface area (Å²) in [5.74, 6) is 0.273. The smallest absolute Gasteiger partial charge is 0.161 e. The highest BCUT2D eigenvalue weighted by Crippen LogP contribution is 2.41. The molecule has 9 heteroatoms. The fraction of sp³-hybridized carbons (Fsp3) is 0. The summed E-state index contributed by atoms with van der Waals surface area (Å²) in [4.78, 5) is 9.79. The standard InChI is InChI=1S/C68H37N9/c69-38-43-13-1-3-15-51(43)60-37-59(73-68(74-60)52-16-4-2-14-44(52)39-70)45-33-46(40-71)67(47(34-45)41-72)42-25-27-48(28-26-42)75-65-31-29-49(76-61-21-9-5-17-53(61)54-18-6-10-22-62(54)76)35-57(65)58-36-50(30-32-66(58)75)77-63-23-11-7-19-55(63)56-20-8-12-24-64(56)77/h1-37H. The van der Waals surface area contributed by atoms with Crippen LogP contribution in [0.5, 0.6) is 0 Å². The highest BCUT2D eigenvalue weighted by Gasteiger charge is 2.22. The summed E-state index contributed by atoms with van der Waals surface area (Å²) in [6.45, 7) is 0. The third kappa shape index (κ3) is 6.98. The Kier molecular flexibility index (Phi) is 10.2. The van der Waals surface area contributed by atoms with Gasteiger partial charge >= 0.3 is 0 Å². The second-order valence-electron chi connectivity index (χ2n) is 19.0. The molecule has 4 heterocycles. The number of fused-ring (bicyclic) bond motifs is 9.